The molecule has 3 rings (SSSR count). The number of piperidine rings is 1. The first kappa shape index (κ1) is 13.9. The summed E-state index contributed by atoms with van der Waals surface area (Å²) < 4.78 is 45.2. The molecule has 2 N–H and O–H groups in total. The number of halogens is 3. The molecule has 1 aromatic carbocycles. The lowest BCUT2D eigenvalue weighted by atomic mass is 9.87. The van der Waals surface area contributed by atoms with E-state index in [1.807, 2.05) is 0 Å². The molecule has 1 saturated heterocycles. The highest BCUT2D eigenvalue weighted by Gasteiger charge is 2.28. The van der Waals surface area contributed by atoms with E-state index in [9.17, 15) is 18.0 Å². The summed E-state index contributed by atoms with van der Waals surface area (Å²) in [5.74, 6) is -2.66. The number of rotatable bonds is 2. The number of nitrogens with one attached hydrogen (secondary N) is 2. The maximum absolute atomic E-state index is 13.8. The van der Waals surface area contributed by atoms with Gasteiger partial charge < -0.3 is 9.84 Å². The number of hydrogen-bond donors (Lipinski definition) is 2. The Kier molecular flexibility index (Phi) is 3.59. The minimum Gasteiger partial charge on any atom is -0.383 e. The Morgan fingerprint density at radius 1 is 1.10 bits per heavy atom. The van der Waals surface area contributed by atoms with Gasteiger partial charge in [-0.2, -0.15) is 5.16 Å². The summed E-state index contributed by atoms with van der Waals surface area (Å²) in [5, 5.41) is 5.28. The molecule has 1 aliphatic heterocycles. The molecule has 0 bridgehead atoms. The highest BCUT2D eigenvalue weighted by molar-refractivity contribution is 5.25. The molecule has 7 heteroatoms. The van der Waals surface area contributed by atoms with Crippen LogP contribution in [0.1, 0.15) is 36.1 Å². The Hall–Kier alpha value is -2.02. The second-order valence-electron chi connectivity index (χ2n) is 5.13. The van der Waals surface area contributed by atoms with Crippen molar-refractivity contribution >= 4 is 0 Å². The molecule has 2 atom stereocenters. The SMILES string of the molecule is O=c1cc([C@H]2CCN[C@@H](c3cc(F)c(F)cc3F)C2)o[nH]1. The van der Waals surface area contributed by atoms with E-state index in [1.165, 1.54) is 6.07 Å². The average molecular weight is 298 g/mol. The first-order chi connectivity index (χ1) is 10.0. The number of aromatic amines is 1. The topological polar surface area (TPSA) is 58.0 Å². The van der Waals surface area contributed by atoms with Crippen LogP contribution in [-0.4, -0.2) is 11.7 Å². The summed E-state index contributed by atoms with van der Waals surface area (Å²) in [6.45, 7) is 0.558. The van der Waals surface area contributed by atoms with Gasteiger partial charge in [-0.15, -0.1) is 0 Å². The van der Waals surface area contributed by atoms with E-state index in [1.54, 1.807) is 0 Å². The van der Waals surface area contributed by atoms with Crippen molar-refractivity contribution in [1.82, 2.24) is 10.5 Å². The lowest BCUT2D eigenvalue weighted by Gasteiger charge is -2.29. The van der Waals surface area contributed by atoms with E-state index in [4.69, 9.17) is 4.52 Å². The van der Waals surface area contributed by atoms with Gasteiger partial charge in [0, 0.05) is 29.7 Å². The van der Waals surface area contributed by atoms with Crippen LogP contribution in [0.3, 0.4) is 0 Å². The lowest BCUT2D eigenvalue weighted by molar-refractivity contribution is 0.292. The van der Waals surface area contributed by atoms with Crippen LogP contribution in [0.2, 0.25) is 0 Å². The van der Waals surface area contributed by atoms with Gasteiger partial charge in [-0.3, -0.25) is 4.79 Å². The molecule has 0 spiro atoms. The van der Waals surface area contributed by atoms with Crippen molar-refractivity contribution in [2.45, 2.75) is 24.8 Å². The molecule has 4 nitrogen and oxygen atoms in total. The van der Waals surface area contributed by atoms with E-state index in [2.05, 4.69) is 10.5 Å². The van der Waals surface area contributed by atoms with Gasteiger partial charge in [0.2, 0.25) is 0 Å². The van der Waals surface area contributed by atoms with Crippen LogP contribution >= 0.6 is 0 Å². The van der Waals surface area contributed by atoms with Crippen LogP contribution in [0.15, 0.2) is 27.5 Å². The molecule has 0 radical (unpaired) electrons. The van der Waals surface area contributed by atoms with Gasteiger partial charge >= 0.3 is 0 Å². The van der Waals surface area contributed by atoms with Crippen molar-refractivity contribution in [3.8, 4) is 0 Å². The number of hydrogen-bond acceptors (Lipinski definition) is 3. The maximum atomic E-state index is 13.8. The van der Waals surface area contributed by atoms with E-state index in [0.717, 1.165) is 6.07 Å². The number of benzene rings is 1. The van der Waals surface area contributed by atoms with Crippen LogP contribution in [0.25, 0.3) is 0 Å². The molecule has 21 heavy (non-hydrogen) atoms. The van der Waals surface area contributed by atoms with Gasteiger partial charge in [-0.05, 0) is 25.5 Å². The highest BCUT2D eigenvalue weighted by atomic mass is 19.2. The number of H-pyrrole nitrogens is 1. The summed E-state index contributed by atoms with van der Waals surface area (Å²) in [6.07, 6.45) is 1.14. The molecule has 0 unspecified atom stereocenters. The number of aromatic nitrogens is 1. The van der Waals surface area contributed by atoms with E-state index in [-0.39, 0.29) is 17.0 Å². The molecule has 2 heterocycles. The van der Waals surface area contributed by atoms with Gasteiger partial charge in [-0.1, -0.05) is 0 Å². The van der Waals surface area contributed by atoms with Gasteiger partial charge in [0.15, 0.2) is 11.6 Å². The molecule has 0 saturated carbocycles. The van der Waals surface area contributed by atoms with Gasteiger partial charge in [0.05, 0.1) is 0 Å². The highest BCUT2D eigenvalue weighted by Crippen LogP contribution is 2.35. The molecule has 1 fully saturated rings. The molecule has 0 aliphatic carbocycles. The van der Waals surface area contributed by atoms with Crippen molar-refractivity contribution in [2.24, 2.45) is 0 Å². The smallest absolute Gasteiger partial charge is 0.280 e. The molecule has 1 aliphatic rings. The Balaban J connectivity index is 1.86. The Morgan fingerprint density at radius 3 is 2.57 bits per heavy atom. The average Bonchev–Trinajstić information content (AvgIpc) is 2.90. The first-order valence-electron chi connectivity index (χ1n) is 6.61. The van der Waals surface area contributed by atoms with Crippen molar-refractivity contribution in [2.75, 3.05) is 6.54 Å². The van der Waals surface area contributed by atoms with E-state index < -0.39 is 23.5 Å². The van der Waals surface area contributed by atoms with Gasteiger partial charge in [0.25, 0.3) is 5.56 Å². The molecule has 1 aromatic heterocycles. The predicted octanol–water partition coefficient (Wildman–Crippen LogP) is 2.59. The van der Waals surface area contributed by atoms with Crippen molar-refractivity contribution in [1.29, 1.82) is 0 Å². The zero-order chi connectivity index (χ0) is 15.0. The molecule has 2 aromatic rings. The van der Waals surface area contributed by atoms with Crippen LogP contribution in [-0.2, 0) is 0 Å². The third kappa shape index (κ3) is 2.73. The van der Waals surface area contributed by atoms with Crippen LogP contribution < -0.4 is 10.9 Å². The largest absolute Gasteiger partial charge is 0.383 e. The molecule has 0 amide bonds. The van der Waals surface area contributed by atoms with Crippen LogP contribution in [0.4, 0.5) is 13.2 Å². The fraction of sp³-hybridized carbons (Fsp3) is 0.357. The molecular weight excluding hydrogens is 285 g/mol. The minimum absolute atomic E-state index is 0.0801. The summed E-state index contributed by atoms with van der Waals surface area (Å²) in [7, 11) is 0. The Bertz CT molecular complexity index is 710. The first-order valence-corrected chi connectivity index (χ1v) is 6.61. The zero-order valence-corrected chi connectivity index (χ0v) is 11.0. The van der Waals surface area contributed by atoms with Gasteiger partial charge in [-0.25, -0.2) is 13.2 Å². The van der Waals surface area contributed by atoms with Crippen molar-refractivity contribution < 1.29 is 17.7 Å². The standard InChI is InChI=1S/C14H13F3N2O2/c15-9-5-11(17)10(16)4-8(9)12-3-7(1-2-18-12)13-6-14(20)19-21-13/h4-7,12,18H,1-3H2,(H,19,20)/t7-,12+/m0/s1. The quantitative estimate of drug-likeness (QED) is 0.838. The summed E-state index contributed by atoms with van der Waals surface area (Å²) >= 11 is 0. The summed E-state index contributed by atoms with van der Waals surface area (Å²) in [6, 6.07) is 2.32. The fourth-order valence-electron chi connectivity index (χ4n) is 2.72. The monoisotopic (exact) mass is 298 g/mol. The third-order valence-corrected chi connectivity index (χ3v) is 3.76. The minimum atomic E-state index is -1.21. The van der Waals surface area contributed by atoms with Crippen molar-refractivity contribution in [3.63, 3.8) is 0 Å². The van der Waals surface area contributed by atoms with Crippen LogP contribution in [0.5, 0.6) is 0 Å². The zero-order valence-electron chi connectivity index (χ0n) is 11.0. The molecular formula is C14H13F3N2O2. The van der Waals surface area contributed by atoms with E-state index >= 15 is 0 Å². The van der Waals surface area contributed by atoms with Crippen molar-refractivity contribution in [3.05, 3.63) is 57.3 Å². The van der Waals surface area contributed by atoms with Crippen LogP contribution in [0, 0.1) is 17.5 Å². The third-order valence-electron chi connectivity index (χ3n) is 3.76. The summed E-state index contributed by atoms with van der Waals surface area (Å²) in [4.78, 5) is 11.1. The predicted molar refractivity (Wildman–Crippen MR) is 68.4 cm³/mol. The second kappa shape index (κ2) is 5.40. The van der Waals surface area contributed by atoms with Gasteiger partial charge in [0.1, 0.15) is 11.6 Å². The van der Waals surface area contributed by atoms with E-state index in [0.29, 0.717) is 31.2 Å². The Morgan fingerprint density at radius 2 is 1.86 bits per heavy atom. The Labute approximate surface area is 117 Å². The second-order valence-corrected chi connectivity index (χ2v) is 5.13. The lowest BCUT2D eigenvalue weighted by Crippen LogP contribution is -2.31. The maximum Gasteiger partial charge on any atom is 0.280 e. The normalized spacial score (nSPS) is 22.4. The summed E-state index contributed by atoms with van der Waals surface area (Å²) in [5.41, 5.74) is -0.254. The fourth-order valence-corrected chi connectivity index (χ4v) is 2.72. The molecule has 112 valence electrons.